The average Bonchev–Trinajstić information content (AvgIpc) is 1.52. The van der Waals surface area contributed by atoms with Crippen molar-refractivity contribution >= 4 is 43.6 Å². The third-order valence-corrected chi connectivity index (χ3v) is 20.5. The van der Waals surface area contributed by atoms with Crippen molar-refractivity contribution in [1.29, 1.82) is 0 Å². The zero-order valence-corrected chi connectivity index (χ0v) is 65.5. The Kier molecular flexibility index (Phi) is 18.9. The van der Waals surface area contributed by atoms with Crippen LogP contribution in [0.15, 0.2) is 133 Å². The minimum absolute atomic E-state index is 0.0448. The van der Waals surface area contributed by atoms with Gasteiger partial charge in [0.05, 0.1) is 35.3 Å². The van der Waals surface area contributed by atoms with Crippen LogP contribution in [0.4, 0.5) is 0 Å². The molecular weight excluding hydrogens is 1200 g/mol. The topological polar surface area (TPSA) is 68.8 Å². The lowest BCUT2D eigenvalue weighted by Crippen LogP contribution is -2.26. The molecule has 0 fully saturated rings. The van der Waals surface area contributed by atoms with Crippen molar-refractivity contribution in [1.82, 2.24) is 9.13 Å². The van der Waals surface area contributed by atoms with Crippen LogP contribution in [-0.2, 0) is 43.3 Å². The molecule has 2 N–H and O–H groups in total. The second-order valence-electron chi connectivity index (χ2n) is 38.9. The Morgan fingerprint density at radius 1 is 0.296 bits per heavy atom. The van der Waals surface area contributed by atoms with Crippen molar-refractivity contribution in [2.45, 2.75) is 263 Å². The highest BCUT2D eigenvalue weighted by molar-refractivity contribution is 6.12. The first-order valence-electron chi connectivity index (χ1n) is 36.4. The maximum atomic E-state index is 13.6. The first-order chi connectivity index (χ1) is 45.0. The van der Waals surface area contributed by atoms with E-state index < -0.39 is 10.8 Å². The summed E-state index contributed by atoms with van der Waals surface area (Å²) < 4.78 is 19.7. The van der Waals surface area contributed by atoms with Crippen molar-refractivity contribution in [3.05, 3.63) is 178 Å². The quantitative estimate of drug-likeness (QED) is 0.100. The maximum absolute atomic E-state index is 13.6. The summed E-state index contributed by atoms with van der Waals surface area (Å²) in [5, 5.41) is 31.8. The van der Waals surface area contributed by atoms with Crippen LogP contribution >= 0.6 is 0 Å². The van der Waals surface area contributed by atoms with Crippen LogP contribution in [0, 0.1) is 10.8 Å². The van der Waals surface area contributed by atoms with Gasteiger partial charge in [0.25, 0.3) is 0 Å². The van der Waals surface area contributed by atoms with Gasteiger partial charge >= 0.3 is 0 Å². The smallest absolute Gasteiger partial charge is 0.151 e. The van der Waals surface area contributed by atoms with Crippen LogP contribution in [0.1, 0.15) is 264 Å². The van der Waals surface area contributed by atoms with E-state index in [1.165, 1.54) is 33.4 Å². The summed E-state index contributed by atoms with van der Waals surface area (Å²) in [6.07, 6.45) is 3.01. The molecule has 10 aromatic rings. The predicted octanol–water partition coefficient (Wildman–Crippen LogP) is 26.1. The molecule has 0 amide bonds. The van der Waals surface area contributed by atoms with Crippen LogP contribution in [0.5, 0.6) is 23.0 Å². The number of phenols is 2. The van der Waals surface area contributed by atoms with E-state index in [9.17, 15) is 10.2 Å². The van der Waals surface area contributed by atoms with E-state index in [0.717, 1.165) is 89.8 Å². The van der Waals surface area contributed by atoms with Crippen LogP contribution in [0.25, 0.3) is 77.2 Å². The highest BCUT2D eigenvalue weighted by Gasteiger charge is 2.38. The Morgan fingerprint density at radius 3 is 0.755 bits per heavy atom. The highest BCUT2D eigenvalue weighted by Crippen LogP contribution is 2.55. The normalized spacial score (nSPS) is 13.6. The Morgan fingerprint density at radius 2 is 0.531 bits per heavy atom. The number of hydrogen-bond donors (Lipinski definition) is 2. The second kappa shape index (κ2) is 25.3. The molecule has 98 heavy (non-hydrogen) atoms. The molecule has 0 unspecified atom stereocenters. The first kappa shape index (κ1) is 73.3. The summed E-state index contributed by atoms with van der Waals surface area (Å²) >= 11 is 0. The summed E-state index contributed by atoms with van der Waals surface area (Å²) in [6.45, 7) is 64.9. The fourth-order valence-electron chi connectivity index (χ4n) is 15.5. The number of nitrogens with zero attached hydrogens (tertiary/aromatic N) is 2. The molecule has 8 aromatic carbocycles. The molecular formula is C92H120N2O4. The van der Waals surface area contributed by atoms with E-state index in [0.29, 0.717) is 48.9 Å². The monoisotopic (exact) mass is 1320 g/mol. The third-order valence-electron chi connectivity index (χ3n) is 20.5. The Labute approximate surface area is 590 Å². The van der Waals surface area contributed by atoms with E-state index in [1.54, 1.807) is 0 Å². The number of fused-ring (bicyclic) bond motifs is 6. The minimum atomic E-state index is -0.415. The van der Waals surface area contributed by atoms with Gasteiger partial charge in [-0.2, -0.15) is 0 Å². The second-order valence-corrected chi connectivity index (χ2v) is 38.9. The number of aromatic nitrogens is 2. The van der Waals surface area contributed by atoms with Crippen LogP contribution in [0.3, 0.4) is 0 Å². The van der Waals surface area contributed by atoms with Gasteiger partial charge in [0.1, 0.15) is 11.4 Å². The summed E-state index contributed by atoms with van der Waals surface area (Å²) in [5.74, 6) is 1.74. The van der Waals surface area contributed by atoms with Crippen molar-refractivity contribution in [3.63, 3.8) is 0 Å². The van der Waals surface area contributed by atoms with Gasteiger partial charge < -0.3 is 28.8 Å². The molecule has 0 aliphatic carbocycles. The lowest BCUT2D eigenvalue weighted by atomic mass is 9.71. The summed E-state index contributed by atoms with van der Waals surface area (Å²) in [4.78, 5) is 0. The molecule has 0 atom stereocenters. The summed E-state index contributed by atoms with van der Waals surface area (Å²) in [6, 6.07) is 49.7. The van der Waals surface area contributed by atoms with E-state index >= 15 is 0 Å². The number of rotatable bonds is 15. The molecule has 0 saturated heterocycles. The van der Waals surface area contributed by atoms with Gasteiger partial charge in [-0.05, 0) is 185 Å². The molecule has 10 rings (SSSR count). The van der Waals surface area contributed by atoms with Crippen molar-refractivity contribution in [3.8, 4) is 56.6 Å². The van der Waals surface area contributed by atoms with Gasteiger partial charge in [0.15, 0.2) is 23.0 Å². The molecule has 0 radical (unpaired) electrons. The molecule has 0 saturated carbocycles. The summed E-state index contributed by atoms with van der Waals surface area (Å²) in [7, 11) is 0. The molecule has 6 nitrogen and oxygen atoms in total. The van der Waals surface area contributed by atoms with Crippen molar-refractivity contribution < 1.29 is 19.7 Å². The molecule has 2 heterocycles. The van der Waals surface area contributed by atoms with E-state index in [1.807, 2.05) is 0 Å². The Hall–Kier alpha value is -7.44. The van der Waals surface area contributed by atoms with Crippen LogP contribution < -0.4 is 9.47 Å². The maximum Gasteiger partial charge on any atom is 0.151 e. The standard InChI is InChI=1S/C92H120N2O4/c1-83(2,3)55-91(25,26)71-53-65(57-31-35-59(36-32-57)85(7,8)9)79(95)77(93-73-43-39-61(87(13,14)15)49-67(73)68-50-62(88(16,17)18)40-44-74(68)93)81(71)97-47-29-30-48-98-82-72(92(27,28)56-84(4,5)6)54-66(58-33-37-60(38-34-58)86(10,11)12)80(96)78(82)94-75-45-41-63(89(19,20)21)51-69(75)70-52-64(90(22,23)24)42-46-76(70)94/h31-46,49-54,95-96H,29-30,47-48,55-56H2,1-28H3. The van der Waals surface area contributed by atoms with Gasteiger partial charge in [0, 0.05) is 43.8 Å². The SMILES string of the molecule is CC(C)(C)CC(C)(C)c1cc(-c2ccc(C(C)(C)C)cc2)c(O)c(-n2c3ccc(C(C)(C)C)cc3c3cc(C(C)(C)C)ccc32)c1OCCCCOc1c(C(C)(C)CC(C)(C)C)cc(-c2ccc(C(C)(C)C)cc2)c(O)c1-n1c2ccc(C(C)(C)C)cc2c2cc(C(C)(C)C)ccc21. The molecule has 0 bridgehead atoms. The zero-order chi connectivity index (χ0) is 72.4. The van der Waals surface area contributed by atoms with Crippen molar-refractivity contribution in [2.75, 3.05) is 13.2 Å². The third kappa shape index (κ3) is 14.9. The van der Waals surface area contributed by atoms with Gasteiger partial charge in [-0.3, -0.25) is 0 Å². The lowest BCUT2D eigenvalue weighted by Gasteiger charge is -2.36. The van der Waals surface area contributed by atoms with E-state index in [2.05, 4.69) is 336 Å². The largest absolute Gasteiger partial charge is 0.505 e. The number of phenolic OH excluding ortho intramolecular Hbond substituents is 2. The Balaban J connectivity index is 1.16. The number of hydrogen-bond acceptors (Lipinski definition) is 4. The summed E-state index contributed by atoms with van der Waals surface area (Å²) in [5.41, 5.74) is 17.0. The fraction of sp³-hybridized carbons (Fsp3) is 0.478. The number of ether oxygens (including phenoxy) is 2. The fourth-order valence-corrected chi connectivity index (χ4v) is 15.5. The van der Waals surface area contributed by atoms with Gasteiger partial charge in [-0.1, -0.05) is 267 Å². The average molecular weight is 1320 g/mol. The molecule has 2 aromatic heterocycles. The molecule has 0 aliphatic rings. The van der Waals surface area contributed by atoms with Gasteiger partial charge in [-0.25, -0.2) is 0 Å². The molecule has 0 aliphatic heterocycles. The lowest BCUT2D eigenvalue weighted by molar-refractivity contribution is 0.243. The Bertz CT molecular complexity index is 4170. The van der Waals surface area contributed by atoms with Gasteiger partial charge in [0.2, 0.25) is 0 Å². The zero-order valence-electron chi connectivity index (χ0n) is 65.5. The van der Waals surface area contributed by atoms with Gasteiger partial charge in [-0.15, -0.1) is 0 Å². The van der Waals surface area contributed by atoms with E-state index in [4.69, 9.17) is 9.47 Å². The molecule has 6 heteroatoms. The first-order valence-corrected chi connectivity index (χ1v) is 36.4. The van der Waals surface area contributed by atoms with Crippen LogP contribution in [0.2, 0.25) is 0 Å². The molecule has 522 valence electrons. The van der Waals surface area contributed by atoms with E-state index in [-0.39, 0.29) is 54.8 Å². The minimum Gasteiger partial charge on any atom is -0.505 e. The number of benzene rings is 8. The predicted molar refractivity (Wildman–Crippen MR) is 422 cm³/mol. The number of unbranched alkanes of at least 4 members (excludes halogenated alkanes) is 1. The highest BCUT2D eigenvalue weighted by atomic mass is 16.5. The van der Waals surface area contributed by atoms with Crippen LogP contribution in [-0.4, -0.2) is 32.6 Å². The molecule has 0 spiro atoms. The van der Waals surface area contributed by atoms with Crippen molar-refractivity contribution in [2.24, 2.45) is 10.8 Å². The number of aromatic hydroxyl groups is 2.